The van der Waals surface area contributed by atoms with Crippen molar-refractivity contribution >= 4 is 17.7 Å². The average molecular weight is 500 g/mol. The van der Waals surface area contributed by atoms with Crippen molar-refractivity contribution in [3.05, 3.63) is 72.2 Å². The Balaban J connectivity index is 1.30. The molecule has 0 aliphatic carbocycles. The number of halogens is 2. The molecule has 1 fully saturated rings. The van der Waals surface area contributed by atoms with Gasteiger partial charge < -0.3 is 15.0 Å². The fourth-order valence-electron chi connectivity index (χ4n) is 4.59. The molecule has 1 aromatic carbocycles. The molecule has 3 heterocycles. The van der Waals surface area contributed by atoms with Crippen LogP contribution in [0.4, 0.5) is 24.1 Å². The Morgan fingerprint density at radius 3 is 2.69 bits per heavy atom. The van der Waals surface area contributed by atoms with Gasteiger partial charge in [-0.3, -0.25) is 9.88 Å². The second-order valence-corrected chi connectivity index (χ2v) is 9.01. The highest BCUT2D eigenvalue weighted by atomic mass is 19.2. The van der Waals surface area contributed by atoms with Crippen LogP contribution in [0.2, 0.25) is 0 Å². The van der Waals surface area contributed by atoms with E-state index >= 15 is 0 Å². The standard InChI is InChI=1S/C26H31F2N5O3/c1-36-18-20(10-16-31-14-8-19(9-15-31)24-5-2-3-11-29-24)30-25(34)33-13-4-12-32(26(33)35)21-6-7-22(27)23(28)17-21/h2-7,11-12,17,19-20H,8-10,13-16,18H2,1H3,(H,30,34). The number of methoxy groups -OCH3 is 1. The molecule has 36 heavy (non-hydrogen) atoms. The summed E-state index contributed by atoms with van der Waals surface area (Å²) in [5.41, 5.74) is 1.27. The SMILES string of the molecule is COCC(CCN1CCC(c2ccccn2)CC1)NC(=O)N1CC=CN(c2ccc(F)c(F)c2)C1=O. The van der Waals surface area contributed by atoms with Gasteiger partial charge in [0.15, 0.2) is 11.6 Å². The number of aromatic nitrogens is 1. The van der Waals surface area contributed by atoms with Gasteiger partial charge in [0.05, 0.1) is 24.9 Å². The van der Waals surface area contributed by atoms with Crippen molar-refractivity contribution in [2.24, 2.45) is 0 Å². The van der Waals surface area contributed by atoms with Gasteiger partial charge in [-0.15, -0.1) is 0 Å². The summed E-state index contributed by atoms with van der Waals surface area (Å²) >= 11 is 0. The Bertz CT molecular complexity index is 1080. The normalized spacial score (nSPS) is 17.9. The lowest BCUT2D eigenvalue weighted by Gasteiger charge is -2.33. The van der Waals surface area contributed by atoms with Crippen LogP contribution in [0.5, 0.6) is 0 Å². The van der Waals surface area contributed by atoms with Gasteiger partial charge in [-0.1, -0.05) is 6.07 Å². The number of nitrogens with zero attached hydrogens (tertiary/aromatic N) is 4. The van der Waals surface area contributed by atoms with E-state index in [1.807, 2.05) is 18.3 Å². The van der Waals surface area contributed by atoms with Crippen LogP contribution < -0.4 is 10.2 Å². The topological polar surface area (TPSA) is 78.0 Å². The lowest BCUT2D eigenvalue weighted by molar-refractivity contribution is 0.140. The monoisotopic (exact) mass is 499 g/mol. The van der Waals surface area contributed by atoms with Crippen molar-refractivity contribution in [2.45, 2.75) is 31.2 Å². The number of carbonyl (C=O) groups excluding carboxylic acids is 2. The first-order valence-electron chi connectivity index (χ1n) is 12.1. The van der Waals surface area contributed by atoms with Gasteiger partial charge in [0, 0.05) is 43.7 Å². The number of piperidine rings is 1. The molecule has 2 aromatic rings. The molecule has 0 radical (unpaired) electrons. The van der Waals surface area contributed by atoms with E-state index < -0.39 is 23.7 Å². The molecule has 8 nitrogen and oxygen atoms in total. The number of hydrogen-bond acceptors (Lipinski definition) is 5. The number of anilines is 1. The van der Waals surface area contributed by atoms with Crippen molar-refractivity contribution in [3.63, 3.8) is 0 Å². The quantitative estimate of drug-likeness (QED) is 0.592. The van der Waals surface area contributed by atoms with Crippen LogP contribution in [-0.2, 0) is 4.74 Å². The number of urea groups is 2. The van der Waals surface area contributed by atoms with E-state index in [-0.39, 0.29) is 18.3 Å². The number of ether oxygens (including phenoxy) is 1. The molecule has 1 atom stereocenters. The minimum absolute atomic E-state index is 0.0750. The predicted molar refractivity (Wildman–Crippen MR) is 132 cm³/mol. The molecule has 4 amide bonds. The Kier molecular flexibility index (Phi) is 8.61. The lowest BCUT2D eigenvalue weighted by Crippen LogP contribution is -2.54. The summed E-state index contributed by atoms with van der Waals surface area (Å²) in [6.07, 6.45) is 7.62. The van der Waals surface area contributed by atoms with Gasteiger partial charge >= 0.3 is 12.1 Å². The maximum Gasteiger partial charge on any atom is 0.337 e. The van der Waals surface area contributed by atoms with E-state index in [0.717, 1.165) is 60.1 Å². The van der Waals surface area contributed by atoms with Gasteiger partial charge in [0.25, 0.3) is 0 Å². The van der Waals surface area contributed by atoms with E-state index in [2.05, 4.69) is 21.3 Å². The largest absolute Gasteiger partial charge is 0.383 e. The first kappa shape index (κ1) is 25.7. The molecule has 0 saturated carbocycles. The molecule has 2 aliphatic rings. The van der Waals surface area contributed by atoms with E-state index in [1.165, 1.54) is 12.3 Å². The fourth-order valence-corrected chi connectivity index (χ4v) is 4.59. The van der Waals surface area contributed by atoms with Crippen LogP contribution >= 0.6 is 0 Å². The van der Waals surface area contributed by atoms with Crippen LogP contribution in [0.1, 0.15) is 30.9 Å². The molecule has 1 aromatic heterocycles. The molecule has 0 spiro atoms. The van der Waals surface area contributed by atoms with Crippen LogP contribution in [-0.4, -0.2) is 72.8 Å². The smallest absolute Gasteiger partial charge is 0.337 e. The summed E-state index contributed by atoms with van der Waals surface area (Å²) in [5.74, 6) is -1.61. The summed E-state index contributed by atoms with van der Waals surface area (Å²) < 4.78 is 32.3. The van der Waals surface area contributed by atoms with Crippen molar-refractivity contribution in [2.75, 3.05) is 44.8 Å². The van der Waals surface area contributed by atoms with Crippen LogP contribution in [0.15, 0.2) is 54.9 Å². The summed E-state index contributed by atoms with van der Waals surface area (Å²) in [4.78, 5) is 34.9. The summed E-state index contributed by atoms with van der Waals surface area (Å²) in [6, 6.07) is 7.68. The van der Waals surface area contributed by atoms with E-state index in [4.69, 9.17) is 4.74 Å². The van der Waals surface area contributed by atoms with Gasteiger partial charge in [-0.05, 0) is 62.7 Å². The summed E-state index contributed by atoms with van der Waals surface area (Å²) in [7, 11) is 1.57. The van der Waals surface area contributed by atoms with Crippen molar-refractivity contribution < 1.29 is 23.1 Å². The lowest BCUT2D eigenvalue weighted by atomic mass is 9.93. The number of likely N-dealkylation sites (tertiary alicyclic amines) is 1. The van der Waals surface area contributed by atoms with E-state index in [1.54, 1.807) is 13.2 Å². The van der Waals surface area contributed by atoms with Crippen LogP contribution in [0.25, 0.3) is 0 Å². The number of carbonyl (C=O) groups is 2. The highest BCUT2D eigenvalue weighted by Gasteiger charge is 2.30. The van der Waals surface area contributed by atoms with Crippen LogP contribution in [0.3, 0.4) is 0 Å². The molecule has 1 N–H and O–H groups in total. The first-order valence-corrected chi connectivity index (χ1v) is 12.1. The molecule has 2 aliphatic heterocycles. The summed E-state index contributed by atoms with van der Waals surface area (Å²) in [6.45, 7) is 3.07. The second kappa shape index (κ2) is 12.0. The molecule has 0 bridgehead atoms. The summed E-state index contributed by atoms with van der Waals surface area (Å²) in [5, 5.41) is 2.89. The molecule has 192 valence electrons. The number of pyridine rings is 1. The second-order valence-electron chi connectivity index (χ2n) is 9.01. The van der Waals surface area contributed by atoms with Gasteiger partial charge in [0.1, 0.15) is 0 Å². The van der Waals surface area contributed by atoms with Crippen molar-refractivity contribution in [1.29, 1.82) is 0 Å². The zero-order chi connectivity index (χ0) is 25.5. The first-order chi connectivity index (χ1) is 17.5. The minimum atomic E-state index is -1.07. The van der Waals surface area contributed by atoms with E-state index in [0.29, 0.717) is 18.9 Å². The third-order valence-corrected chi connectivity index (χ3v) is 6.59. The molecular weight excluding hydrogens is 468 g/mol. The Morgan fingerprint density at radius 2 is 2.00 bits per heavy atom. The third kappa shape index (κ3) is 6.24. The number of benzene rings is 1. The zero-order valence-electron chi connectivity index (χ0n) is 20.3. The zero-order valence-corrected chi connectivity index (χ0v) is 20.3. The fraction of sp³-hybridized carbons (Fsp3) is 0.423. The predicted octanol–water partition coefficient (Wildman–Crippen LogP) is 4.11. The highest BCUT2D eigenvalue weighted by Crippen LogP contribution is 2.26. The Hall–Kier alpha value is -3.37. The molecular formula is C26H31F2N5O3. The van der Waals surface area contributed by atoms with Gasteiger partial charge in [0.2, 0.25) is 0 Å². The van der Waals surface area contributed by atoms with Crippen molar-refractivity contribution in [1.82, 2.24) is 20.1 Å². The van der Waals surface area contributed by atoms with Crippen molar-refractivity contribution in [3.8, 4) is 0 Å². The van der Waals surface area contributed by atoms with E-state index in [9.17, 15) is 18.4 Å². The number of nitrogens with one attached hydrogen (secondary N) is 1. The third-order valence-electron chi connectivity index (χ3n) is 6.59. The van der Waals surface area contributed by atoms with Crippen LogP contribution in [0, 0.1) is 11.6 Å². The maximum absolute atomic E-state index is 13.7. The maximum atomic E-state index is 13.7. The molecule has 4 rings (SSSR count). The number of hydrogen-bond donors (Lipinski definition) is 1. The van der Waals surface area contributed by atoms with Gasteiger partial charge in [-0.25, -0.2) is 23.3 Å². The Morgan fingerprint density at radius 1 is 1.19 bits per heavy atom. The molecule has 10 heteroatoms. The van der Waals surface area contributed by atoms with Gasteiger partial charge in [-0.2, -0.15) is 0 Å². The Labute approximate surface area is 209 Å². The number of amides is 4. The highest BCUT2D eigenvalue weighted by molar-refractivity contribution is 6.04. The number of rotatable bonds is 8. The minimum Gasteiger partial charge on any atom is -0.383 e. The average Bonchev–Trinajstić information content (AvgIpc) is 2.90. The number of imide groups is 1. The molecule has 1 unspecified atom stereocenters. The molecule has 1 saturated heterocycles.